The summed E-state index contributed by atoms with van der Waals surface area (Å²) in [4.78, 5) is 5.22. The van der Waals surface area contributed by atoms with Crippen LogP contribution >= 0.6 is 11.3 Å². The number of thiophene rings is 1. The van der Waals surface area contributed by atoms with Gasteiger partial charge in [0.2, 0.25) is 0 Å². The Balaban J connectivity index is 1.88. The van der Waals surface area contributed by atoms with Crippen molar-refractivity contribution in [3.63, 3.8) is 0 Å². The molecule has 0 spiro atoms. The molecule has 90 valence electrons. The molecule has 4 heteroatoms. The van der Waals surface area contributed by atoms with Crippen LogP contribution in [0.5, 0.6) is 0 Å². The molecular formula is C12H19NO2S. The third-order valence-electron chi connectivity index (χ3n) is 2.87. The van der Waals surface area contributed by atoms with Gasteiger partial charge < -0.3 is 9.84 Å². The number of aryl methyl sites for hydroxylation is 1. The first-order valence-electron chi connectivity index (χ1n) is 5.84. The highest BCUT2D eigenvalue weighted by Gasteiger charge is 2.19. The van der Waals surface area contributed by atoms with Crippen LogP contribution in [0.4, 0.5) is 0 Å². The Bertz CT molecular complexity index is 327. The number of ether oxygens (including phenoxy) is 1. The molecule has 1 atom stereocenters. The molecule has 2 heterocycles. The number of hydrogen-bond donors (Lipinski definition) is 1. The molecule has 0 aliphatic carbocycles. The van der Waals surface area contributed by atoms with Gasteiger partial charge in [0.1, 0.15) is 0 Å². The quantitative estimate of drug-likeness (QED) is 0.867. The standard InChI is InChI=1S/C12H19NO2S/c1-2-11-3-4-12(16-11)8-13-5-6-15-10(7-13)9-14/h3-4,10,14H,2,5-9H2,1H3. The molecule has 1 aliphatic heterocycles. The molecule has 1 aromatic rings. The van der Waals surface area contributed by atoms with Gasteiger partial charge in [-0.25, -0.2) is 0 Å². The minimum Gasteiger partial charge on any atom is -0.394 e. The summed E-state index contributed by atoms with van der Waals surface area (Å²) in [6.07, 6.45) is 1.12. The Morgan fingerprint density at radius 1 is 1.50 bits per heavy atom. The summed E-state index contributed by atoms with van der Waals surface area (Å²) in [5.41, 5.74) is 0. The second kappa shape index (κ2) is 5.77. The Kier molecular flexibility index (Phi) is 4.35. The van der Waals surface area contributed by atoms with E-state index in [1.54, 1.807) is 0 Å². The molecular weight excluding hydrogens is 222 g/mol. The van der Waals surface area contributed by atoms with E-state index in [1.807, 2.05) is 11.3 Å². The minimum atomic E-state index is -0.000595. The topological polar surface area (TPSA) is 32.7 Å². The molecule has 1 aromatic heterocycles. The molecule has 0 amide bonds. The molecule has 2 rings (SSSR count). The summed E-state index contributed by atoms with van der Waals surface area (Å²) < 4.78 is 5.43. The Morgan fingerprint density at radius 2 is 2.31 bits per heavy atom. The van der Waals surface area contributed by atoms with Crippen LogP contribution < -0.4 is 0 Å². The maximum atomic E-state index is 9.07. The van der Waals surface area contributed by atoms with Crippen molar-refractivity contribution in [2.45, 2.75) is 26.0 Å². The zero-order valence-electron chi connectivity index (χ0n) is 9.69. The first kappa shape index (κ1) is 12.0. The smallest absolute Gasteiger partial charge is 0.0933 e. The number of rotatable bonds is 4. The van der Waals surface area contributed by atoms with Crippen LogP contribution in [-0.2, 0) is 17.7 Å². The average molecular weight is 241 g/mol. The predicted octanol–water partition coefficient (Wildman–Crippen LogP) is 1.50. The fourth-order valence-electron chi connectivity index (χ4n) is 1.95. The molecule has 0 radical (unpaired) electrons. The van der Waals surface area contributed by atoms with E-state index in [-0.39, 0.29) is 12.7 Å². The van der Waals surface area contributed by atoms with Gasteiger partial charge in [0.05, 0.1) is 19.3 Å². The number of hydrogen-bond acceptors (Lipinski definition) is 4. The highest BCUT2D eigenvalue weighted by Crippen LogP contribution is 2.19. The third-order valence-corrected chi connectivity index (χ3v) is 4.09. The number of aliphatic hydroxyl groups is 1. The van der Waals surface area contributed by atoms with Crippen LogP contribution in [0, 0.1) is 0 Å². The lowest BCUT2D eigenvalue weighted by molar-refractivity contribution is -0.0548. The Labute approximate surface area is 101 Å². The summed E-state index contributed by atoms with van der Waals surface area (Å²) in [7, 11) is 0. The van der Waals surface area contributed by atoms with Gasteiger partial charge in [0.15, 0.2) is 0 Å². The first-order valence-corrected chi connectivity index (χ1v) is 6.66. The van der Waals surface area contributed by atoms with E-state index in [2.05, 4.69) is 24.0 Å². The molecule has 0 bridgehead atoms. The monoisotopic (exact) mass is 241 g/mol. The minimum absolute atomic E-state index is 0.000595. The van der Waals surface area contributed by atoms with Gasteiger partial charge in [-0.15, -0.1) is 11.3 Å². The third kappa shape index (κ3) is 3.04. The summed E-state index contributed by atoms with van der Waals surface area (Å²) in [5, 5.41) is 9.07. The van der Waals surface area contributed by atoms with Gasteiger partial charge in [0, 0.05) is 29.4 Å². The van der Waals surface area contributed by atoms with E-state index in [4.69, 9.17) is 9.84 Å². The van der Waals surface area contributed by atoms with E-state index in [0.29, 0.717) is 0 Å². The SMILES string of the molecule is CCc1ccc(CN2CCOC(CO)C2)s1. The molecule has 16 heavy (non-hydrogen) atoms. The molecule has 1 saturated heterocycles. The maximum absolute atomic E-state index is 9.07. The number of morpholine rings is 1. The van der Waals surface area contributed by atoms with E-state index in [1.165, 1.54) is 9.75 Å². The highest BCUT2D eigenvalue weighted by molar-refractivity contribution is 7.11. The molecule has 1 fully saturated rings. The number of aliphatic hydroxyl groups excluding tert-OH is 1. The first-order chi connectivity index (χ1) is 7.81. The molecule has 1 aliphatic rings. The second-order valence-corrected chi connectivity index (χ2v) is 5.38. The van der Waals surface area contributed by atoms with Gasteiger partial charge in [-0.2, -0.15) is 0 Å². The van der Waals surface area contributed by atoms with Crippen molar-refractivity contribution < 1.29 is 9.84 Å². The van der Waals surface area contributed by atoms with Crippen LogP contribution in [0.3, 0.4) is 0 Å². The van der Waals surface area contributed by atoms with Gasteiger partial charge >= 0.3 is 0 Å². The van der Waals surface area contributed by atoms with E-state index >= 15 is 0 Å². The van der Waals surface area contributed by atoms with Crippen molar-refractivity contribution in [2.75, 3.05) is 26.3 Å². The van der Waals surface area contributed by atoms with Crippen molar-refractivity contribution in [2.24, 2.45) is 0 Å². The summed E-state index contributed by atoms with van der Waals surface area (Å²) in [6.45, 7) is 5.85. The fraction of sp³-hybridized carbons (Fsp3) is 0.667. The predicted molar refractivity (Wildman–Crippen MR) is 65.8 cm³/mol. The lowest BCUT2D eigenvalue weighted by Crippen LogP contribution is -2.43. The van der Waals surface area contributed by atoms with Crippen LogP contribution in [0.25, 0.3) is 0 Å². The van der Waals surface area contributed by atoms with Crippen molar-refractivity contribution in [3.8, 4) is 0 Å². The van der Waals surface area contributed by atoms with Crippen LogP contribution in [0.1, 0.15) is 16.7 Å². The van der Waals surface area contributed by atoms with Crippen LogP contribution in [0.15, 0.2) is 12.1 Å². The zero-order valence-corrected chi connectivity index (χ0v) is 10.5. The molecule has 0 aromatic carbocycles. The fourth-order valence-corrected chi connectivity index (χ4v) is 2.95. The maximum Gasteiger partial charge on any atom is 0.0933 e. The van der Waals surface area contributed by atoms with Gasteiger partial charge in [-0.05, 0) is 18.6 Å². The van der Waals surface area contributed by atoms with Crippen molar-refractivity contribution in [1.82, 2.24) is 4.90 Å². The Morgan fingerprint density at radius 3 is 3.00 bits per heavy atom. The summed E-state index contributed by atoms with van der Waals surface area (Å²) in [5.74, 6) is 0. The average Bonchev–Trinajstić information content (AvgIpc) is 2.77. The van der Waals surface area contributed by atoms with E-state index in [0.717, 1.165) is 32.7 Å². The van der Waals surface area contributed by atoms with Crippen LogP contribution in [0.2, 0.25) is 0 Å². The lowest BCUT2D eigenvalue weighted by Gasteiger charge is -2.31. The van der Waals surface area contributed by atoms with Gasteiger partial charge in [-0.3, -0.25) is 4.90 Å². The molecule has 0 saturated carbocycles. The van der Waals surface area contributed by atoms with Crippen molar-refractivity contribution >= 4 is 11.3 Å². The molecule has 3 nitrogen and oxygen atoms in total. The largest absolute Gasteiger partial charge is 0.394 e. The summed E-state index contributed by atoms with van der Waals surface area (Å²) in [6, 6.07) is 4.43. The number of nitrogens with zero attached hydrogens (tertiary/aromatic N) is 1. The van der Waals surface area contributed by atoms with Crippen molar-refractivity contribution in [3.05, 3.63) is 21.9 Å². The normalized spacial score (nSPS) is 22.5. The van der Waals surface area contributed by atoms with E-state index < -0.39 is 0 Å². The van der Waals surface area contributed by atoms with Gasteiger partial charge in [-0.1, -0.05) is 6.92 Å². The van der Waals surface area contributed by atoms with Gasteiger partial charge in [0.25, 0.3) is 0 Å². The highest BCUT2D eigenvalue weighted by atomic mass is 32.1. The zero-order chi connectivity index (χ0) is 11.4. The Hall–Kier alpha value is -0.420. The van der Waals surface area contributed by atoms with Crippen LogP contribution in [-0.4, -0.2) is 42.4 Å². The van der Waals surface area contributed by atoms with Crippen molar-refractivity contribution in [1.29, 1.82) is 0 Å². The molecule has 1 N–H and O–H groups in total. The lowest BCUT2D eigenvalue weighted by atomic mass is 10.2. The summed E-state index contributed by atoms with van der Waals surface area (Å²) >= 11 is 1.89. The van der Waals surface area contributed by atoms with E-state index in [9.17, 15) is 0 Å². The second-order valence-electron chi connectivity index (χ2n) is 4.13. The molecule has 1 unspecified atom stereocenters.